The first-order valence-corrected chi connectivity index (χ1v) is 6.18. The van der Waals surface area contributed by atoms with Gasteiger partial charge in [-0.15, -0.1) is 0 Å². The van der Waals surface area contributed by atoms with Crippen LogP contribution in [0.3, 0.4) is 0 Å². The van der Waals surface area contributed by atoms with Gasteiger partial charge in [-0.05, 0) is 17.5 Å². The Kier molecular flexibility index (Phi) is 3.04. The molecule has 1 aromatic rings. The molecule has 104 valence electrons. The fourth-order valence-electron chi connectivity index (χ4n) is 2.46. The molecule has 1 heterocycles. The molecule has 0 aromatic carbocycles. The smallest absolute Gasteiger partial charge is 0.405 e. The van der Waals surface area contributed by atoms with Gasteiger partial charge in [0, 0.05) is 24.7 Å². The standard InChI is InChI=1S/C13H19N3O3/c1-12(2,3)9-8-13(9,19-11(14)18)10(17)15-16-6-4-5-7-16/h4-7,9H,8H2,1-3H3,(H2,14,18)(H,15,17). The first kappa shape index (κ1) is 13.5. The van der Waals surface area contributed by atoms with Crippen molar-refractivity contribution in [3.05, 3.63) is 24.5 Å². The van der Waals surface area contributed by atoms with Crippen LogP contribution >= 0.6 is 0 Å². The van der Waals surface area contributed by atoms with Crippen molar-refractivity contribution in [3.8, 4) is 0 Å². The highest BCUT2D eigenvalue weighted by molar-refractivity contribution is 5.96. The molecule has 1 saturated carbocycles. The quantitative estimate of drug-likeness (QED) is 0.867. The second-order valence-corrected chi connectivity index (χ2v) is 5.96. The molecule has 1 aliphatic rings. The number of hydrogen-bond acceptors (Lipinski definition) is 3. The van der Waals surface area contributed by atoms with E-state index < -0.39 is 11.7 Å². The Hall–Kier alpha value is -1.98. The van der Waals surface area contributed by atoms with E-state index in [4.69, 9.17) is 10.5 Å². The van der Waals surface area contributed by atoms with Gasteiger partial charge in [0.2, 0.25) is 0 Å². The third kappa shape index (κ3) is 2.57. The number of primary amides is 1. The molecule has 2 unspecified atom stereocenters. The maximum atomic E-state index is 12.3. The number of amides is 2. The lowest BCUT2D eigenvalue weighted by atomic mass is 9.88. The molecule has 6 heteroatoms. The van der Waals surface area contributed by atoms with Gasteiger partial charge in [-0.3, -0.25) is 14.9 Å². The molecule has 6 nitrogen and oxygen atoms in total. The minimum atomic E-state index is -1.14. The van der Waals surface area contributed by atoms with E-state index >= 15 is 0 Å². The molecular weight excluding hydrogens is 246 g/mol. The lowest BCUT2D eigenvalue weighted by molar-refractivity contribution is -0.128. The van der Waals surface area contributed by atoms with Crippen LogP contribution in [0, 0.1) is 11.3 Å². The van der Waals surface area contributed by atoms with Gasteiger partial charge >= 0.3 is 6.09 Å². The molecule has 1 aromatic heterocycles. The minimum Gasteiger partial charge on any atom is -0.433 e. The molecular formula is C13H19N3O3. The summed E-state index contributed by atoms with van der Waals surface area (Å²) in [5, 5.41) is 0. The molecule has 2 atom stereocenters. The van der Waals surface area contributed by atoms with Crippen LogP contribution in [0.4, 0.5) is 4.79 Å². The van der Waals surface area contributed by atoms with Crippen molar-refractivity contribution in [1.82, 2.24) is 4.68 Å². The second-order valence-electron chi connectivity index (χ2n) is 5.96. The summed E-state index contributed by atoms with van der Waals surface area (Å²) in [6, 6.07) is 3.58. The Morgan fingerprint density at radius 1 is 1.37 bits per heavy atom. The summed E-state index contributed by atoms with van der Waals surface area (Å²) in [7, 11) is 0. The van der Waals surface area contributed by atoms with Crippen LogP contribution in [0.25, 0.3) is 0 Å². The predicted octanol–water partition coefficient (Wildman–Crippen LogP) is 1.46. The zero-order valence-electron chi connectivity index (χ0n) is 11.3. The molecule has 1 aliphatic carbocycles. The topological polar surface area (TPSA) is 86.3 Å². The van der Waals surface area contributed by atoms with E-state index in [0.29, 0.717) is 6.42 Å². The fraction of sp³-hybridized carbons (Fsp3) is 0.538. The van der Waals surface area contributed by atoms with Crippen LogP contribution in [0.15, 0.2) is 24.5 Å². The maximum Gasteiger partial charge on any atom is 0.405 e. The first-order valence-electron chi connectivity index (χ1n) is 6.18. The number of nitrogens with two attached hydrogens (primary N) is 1. The van der Waals surface area contributed by atoms with Crippen molar-refractivity contribution >= 4 is 12.0 Å². The second kappa shape index (κ2) is 4.29. The Labute approximate surface area is 111 Å². The highest BCUT2D eigenvalue weighted by Crippen LogP contribution is 2.56. The lowest BCUT2D eigenvalue weighted by Gasteiger charge is -2.24. The van der Waals surface area contributed by atoms with Crippen molar-refractivity contribution in [3.63, 3.8) is 0 Å². The van der Waals surface area contributed by atoms with E-state index in [2.05, 4.69) is 5.43 Å². The first-order chi connectivity index (χ1) is 8.75. The molecule has 0 spiro atoms. The number of nitrogens with one attached hydrogen (secondary N) is 1. The van der Waals surface area contributed by atoms with E-state index in [1.54, 1.807) is 24.5 Å². The van der Waals surface area contributed by atoms with Crippen molar-refractivity contribution < 1.29 is 14.3 Å². The van der Waals surface area contributed by atoms with Gasteiger partial charge in [-0.25, -0.2) is 4.79 Å². The SMILES string of the molecule is CC(C)(C)C1CC1(OC(N)=O)C(=O)Nn1cccc1. The van der Waals surface area contributed by atoms with E-state index in [9.17, 15) is 9.59 Å². The lowest BCUT2D eigenvalue weighted by Crippen LogP contribution is -2.42. The number of carbonyl (C=O) groups is 2. The van der Waals surface area contributed by atoms with Gasteiger partial charge in [0.15, 0.2) is 5.60 Å². The number of hydrogen-bond donors (Lipinski definition) is 2. The predicted molar refractivity (Wildman–Crippen MR) is 69.8 cm³/mol. The van der Waals surface area contributed by atoms with Gasteiger partial charge in [0.25, 0.3) is 5.91 Å². The molecule has 0 saturated heterocycles. The van der Waals surface area contributed by atoms with Crippen LogP contribution in [0.1, 0.15) is 27.2 Å². The average Bonchev–Trinajstić information content (AvgIpc) is 2.78. The monoisotopic (exact) mass is 265 g/mol. The van der Waals surface area contributed by atoms with Crippen LogP contribution in [0.2, 0.25) is 0 Å². The summed E-state index contributed by atoms with van der Waals surface area (Å²) < 4.78 is 6.63. The number of ether oxygens (including phenoxy) is 1. The summed E-state index contributed by atoms with van der Waals surface area (Å²) in [6.45, 7) is 6.02. The molecule has 2 rings (SSSR count). The molecule has 2 amide bonds. The summed E-state index contributed by atoms with van der Waals surface area (Å²) in [4.78, 5) is 23.4. The fourth-order valence-corrected chi connectivity index (χ4v) is 2.46. The average molecular weight is 265 g/mol. The van der Waals surface area contributed by atoms with E-state index in [-0.39, 0.29) is 17.2 Å². The molecule has 0 radical (unpaired) electrons. The highest BCUT2D eigenvalue weighted by Gasteiger charge is 2.67. The van der Waals surface area contributed by atoms with Gasteiger partial charge in [-0.2, -0.15) is 0 Å². The summed E-state index contributed by atoms with van der Waals surface area (Å²) in [5.41, 5.74) is 6.48. The summed E-state index contributed by atoms with van der Waals surface area (Å²) >= 11 is 0. The number of rotatable bonds is 3. The van der Waals surface area contributed by atoms with Gasteiger partial charge in [-0.1, -0.05) is 20.8 Å². The largest absolute Gasteiger partial charge is 0.433 e. The third-order valence-corrected chi connectivity index (χ3v) is 3.46. The third-order valence-electron chi connectivity index (χ3n) is 3.46. The zero-order valence-corrected chi connectivity index (χ0v) is 11.3. The van der Waals surface area contributed by atoms with Crippen LogP contribution in [-0.2, 0) is 9.53 Å². The number of aromatic nitrogens is 1. The van der Waals surface area contributed by atoms with Crippen molar-refractivity contribution in [2.24, 2.45) is 17.1 Å². The van der Waals surface area contributed by atoms with Crippen molar-refractivity contribution in [2.45, 2.75) is 32.8 Å². The summed E-state index contributed by atoms with van der Waals surface area (Å²) in [6.07, 6.45) is 2.97. The molecule has 1 fully saturated rings. The Bertz CT molecular complexity index is 490. The molecule has 19 heavy (non-hydrogen) atoms. The van der Waals surface area contributed by atoms with E-state index in [1.165, 1.54) is 4.68 Å². The van der Waals surface area contributed by atoms with E-state index in [0.717, 1.165) is 0 Å². The van der Waals surface area contributed by atoms with Gasteiger partial charge in [0.1, 0.15) is 0 Å². The summed E-state index contributed by atoms with van der Waals surface area (Å²) in [5.74, 6) is -0.384. The Morgan fingerprint density at radius 3 is 2.37 bits per heavy atom. The normalized spacial score (nSPS) is 25.7. The zero-order chi connectivity index (χ0) is 14.3. The maximum absolute atomic E-state index is 12.3. The van der Waals surface area contributed by atoms with E-state index in [1.807, 2.05) is 20.8 Å². The van der Waals surface area contributed by atoms with Crippen LogP contribution in [-0.4, -0.2) is 22.3 Å². The number of carbonyl (C=O) groups excluding carboxylic acids is 2. The van der Waals surface area contributed by atoms with Crippen LogP contribution < -0.4 is 11.2 Å². The highest BCUT2D eigenvalue weighted by atomic mass is 16.6. The molecule has 0 aliphatic heterocycles. The van der Waals surface area contributed by atoms with Crippen molar-refractivity contribution in [2.75, 3.05) is 5.43 Å². The minimum absolute atomic E-state index is 0.0388. The van der Waals surface area contributed by atoms with Gasteiger partial charge in [0.05, 0.1) is 0 Å². The van der Waals surface area contributed by atoms with Gasteiger partial charge < -0.3 is 10.5 Å². The molecule has 3 N–H and O–H groups in total. The van der Waals surface area contributed by atoms with Crippen molar-refractivity contribution in [1.29, 1.82) is 0 Å². The Balaban J connectivity index is 2.16. The number of nitrogens with zero attached hydrogens (tertiary/aromatic N) is 1. The molecule has 0 bridgehead atoms. The van der Waals surface area contributed by atoms with Crippen LogP contribution in [0.5, 0.6) is 0 Å². The Morgan fingerprint density at radius 2 is 1.95 bits per heavy atom.